The predicted molar refractivity (Wildman–Crippen MR) is 56.8 cm³/mol. The number of hydrogen-bond donors (Lipinski definition) is 2. The van der Waals surface area contributed by atoms with Crippen molar-refractivity contribution >= 4 is 5.91 Å². The molecule has 2 N–H and O–H groups in total. The third-order valence-electron chi connectivity index (χ3n) is 3.29. The molecule has 1 fully saturated rings. The summed E-state index contributed by atoms with van der Waals surface area (Å²) >= 11 is 0. The van der Waals surface area contributed by atoms with Gasteiger partial charge in [-0.1, -0.05) is 0 Å². The molecule has 0 aliphatic carbocycles. The summed E-state index contributed by atoms with van der Waals surface area (Å²) in [6.45, 7) is 3.62. The number of H-pyrrole nitrogens is 1. The molecule has 1 amide bonds. The molecule has 1 aromatic heterocycles. The van der Waals surface area contributed by atoms with E-state index in [1.807, 2.05) is 7.05 Å². The summed E-state index contributed by atoms with van der Waals surface area (Å²) in [7, 11) is 1.96. The number of likely N-dealkylation sites (tertiary alicyclic amines) is 1. The molecule has 2 rings (SSSR count). The van der Waals surface area contributed by atoms with Gasteiger partial charge >= 0.3 is 0 Å². The van der Waals surface area contributed by atoms with Gasteiger partial charge in [-0.2, -0.15) is 5.21 Å². The molecule has 2 heterocycles. The molecule has 0 radical (unpaired) electrons. The van der Waals surface area contributed by atoms with Crippen molar-refractivity contribution in [3.63, 3.8) is 0 Å². The molecule has 0 unspecified atom stereocenters. The van der Waals surface area contributed by atoms with Gasteiger partial charge in [-0.05, 0) is 32.0 Å². The lowest BCUT2D eigenvalue weighted by molar-refractivity contribution is 0.0649. The molecule has 1 aliphatic rings. The maximum atomic E-state index is 11.9. The van der Waals surface area contributed by atoms with E-state index in [0.29, 0.717) is 0 Å². The highest BCUT2D eigenvalue weighted by molar-refractivity contribution is 5.90. The standard InChI is InChI=1S/C9H16N6O/c1-9(10-2)3-5-15(6-4-9)8(16)7-11-13-14-12-7/h10H,3-6H2,1-2H3,(H,11,12,13,14). The number of carbonyl (C=O) groups is 1. The Morgan fingerprint density at radius 2 is 2.19 bits per heavy atom. The van der Waals surface area contributed by atoms with Crippen molar-refractivity contribution in [2.45, 2.75) is 25.3 Å². The fourth-order valence-corrected chi connectivity index (χ4v) is 1.85. The SMILES string of the molecule is CNC1(C)CCN(C(=O)c2nn[nH]n2)CC1. The third-order valence-corrected chi connectivity index (χ3v) is 3.29. The lowest BCUT2D eigenvalue weighted by Gasteiger charge is -2.38. The molecule has 0 bridgehead atoms. The molecule has 0 saturated carbocycles. The van der Waals surface area contributed by atoms with Crippen LogP contribution in [0.4, 0.5) is 0 Å². The monoisotopic (exact) mass is 224 g/mol. The van der Waals surface area contributed by atoms with Gasteiger partial charge in [0.05, 0.1) is 0 Å². The van der Waals surface area contributed by atoms with Crippen LogP contribution in [0.5, 0.6) is 0 Å². The minimum atomic E-state index is -0.146. The van der Waals surface area contributed by atoms with E-state index < -0.39 is 0 Å². The lowest BCUT2D eigenvalue weighted by atomic mass is 9.90. The average Bonchev–Trinajstić information content (AvgIpc) is 2.83. The Labute approximate surface area is 93.6 Å². The summed E-state index contributed by atoms with van der Waals surface area (Å²) in [5.74, 6) is -0.0000335. The molecule has 16 heavy (non-hydrogen) atoms. The van der Waals surface area contributed by atoms with Gasteiger partial charge in [0.15, 0.2) is 0 Å². The third kappa shape index (κ3) is 2.04. The summed E-state index contributed by atoms with van der Waals surface area (Å²) < 4.78 is 0. The molecule has 0 spiro atoms. The van der Waals surface area contributed by atoms with Crippen LogP contribution in [0, 0.1) is 0 Å². The minimum Gasteiger partial charge on any atom is -0.336 e. The Kier molecular flexibility index (Phi) is 2.86. The van der Waals surface area contributed by atoms with Crippen LogP contribution in [0.2, 0.25) is 0 Å². The molecule has 1 aliphatic heterocycles. The summed E-state index contributed by atoms with van der Waals surface area (Å²) in [5, 5.41) is 16.3. The second-order valence-electron chi connectivity index (χ2n) is 4.34. The van der Waals surface area contributed by atoms with Crippen LogP contribution < -0.4 is 5.32 Å². The zero-order chi connectivity index (χ0) is 11.6. The Balaban J connectivity index is 1.97. The molecular formula is C9H16N6O. The van der Waals surface area contributed by atoms with Gasteiger partial charge in [0, 0.05) is 18.6 Å². The maximum Gasteiger partial charge on any atom is 0.295 e. The number of aromatic nitrogens is 4. The zero-order valence-corrected chi connectivity index (χ0v) is 9.53. The number of piperidine rings is 1. The first-order valence-corrected chi connectivity index (χ1v) is 5.36. The Hall–Kier alpha value is -1.50. The number of nitrogens with zero attached hydrogens (tertiary/aromatic N) is 4. The van der Waals surface area contributed by atoms with Crippen molar-refractivity contribution in [3.05, 3.63) is 5.82 Å². The van der Waals surface area contributed by atoms with E-state index in [-0.39, 0.29) is 17.3 Å². The Morgan fingerprint density at radius 1 is 1.50 bits per heavy atom. The van der Waals surface area contributed by atoms with Crippen molar-refractivity contribution in [2.75, 3.05) is 20.1 Å². The molecule has 7 heteroatoms. The summed E-state index contributed by atoms with van der Waals surface area (Å²) in [5.41, 5.74) is 0.133. The molecule has 7 nitrogen and oxygen atoms in total. The second-order valence-corrected chi connectivity index (χ2v) is 4.34. The van der Waals surface area contributed by atoms with E-state index in [1.165, 1.54) is 0 Å². The fraction of sp³-hybridized carbons (Fsp3) is 0.778. The highest BCUT2D eigenvalue weighted by Crippen LogP contribution is 2.21. The lowest BCUT2D eigenvalue weighted by Crippen LogP contribution is -2.51. The number of tetrazole rings is 1. The van der Waals surface area contributed by atoms with E-state index >= 15 is 0 Å². The van der Waals surface area contributed by atoms with Crippen LogP contribution in [0.1, 0.15) is 30.4 Å². The normalized spacial score (nSPS) is 19.8. The van der Waals surface area contributed by atoms with Crippen LogP contribution in [0.25, 0.3) is 0 Å². The van der Waals surface area contributed by atoms with Gasteiger partial charge in [0.2, 0.25) is 0 Å². The van der Waals surface area contributed by atoms with Crippen molar-refractivity contribution in [3.8, 4) is 0 Å². The molecule has 1 saturated heterocycles. The fourth-order valence-electron chi connectivity index (χ4n) is 1.85. The van der Waals surface area contributed by atoms with E-state index in [1.54, 1.807) is 4.90 Å². The number of aromatic amines is 1. The molecular weight excluding hydrogens is 208 g/mol. The first-order valence-electron chi connectivity index (χ1n) is 5.36. The van der Waals surface area contributed by atoms with Crippen LogP contribution >= 0.6 is 0 Å². The molecule has 88 valence electrons. The van der Waals surface area contributed by atoms with Crippen LogP contribution in [-0.4, -0.2) is 57.1 Å². The molecule has 0 atom stereocenters. The summed E-state index contributed by atoms with van der Waals surface area (Å²) in [4.78, 5) is 13.6. The van der Waals surface area contributed by atoms with E-state index in [9.17, 15) is 4.79 Å². The van der Waals surface area contributed by atoms with Gasteiger partial charge in [0.1, 0.15) is 0 Å². The minimum absolute atomic E-state index is 0.133. The topological polar surface area (TPSA) is 86.8 Å². The summed E-state index contributed by atoms with van der Waals surface area (Å²) in [6.07, 6.45) is 1.88. The molecule has 1 aromatic rings. The van der Waals surface area contributed by atoms with Crippen LogP contribution in [0.3, 0.4) is 0 Å². The van der Waals surface area contributed by atoms with Gasteiger partial charge in [-0.25, -0.2) is 0 Å². The van der Waals surface area contributed by atoms with Gasteiger partial charge in [-0.15, -0.1) is 10.2 Å². The maximum absolute atomic E-state index is 11.9. The number of rotatable bonds is 2. The Bertz CT molecular complexity index is 354. The Morgan fingerprint density at radius 3 is 2.69 bits per heavy atom. The van der Waals surface area contributed by atoms with Crippen molar-refractivity contribution in [2.24, 2.45) is 0 Å². The smallest absolute Gasteiger partial charge is 0.295 e. The predicted octanol–water partition coefficient (Wildman–Crippen LogP) is -0.586. The quantitative estimate of drug-likeness (QED) is 0.701. The van der Waals surface area contributed by atoms with E-state index in [0.717, 1.165) is 25.9 Å². The van der Waals surface area contributed by atoms with E-state index in [4.69, 9.17) is 0 Å². The van der Waals surface area contributed by atoms with Crippen molar-refractivity contribution < 1.29 is 4.79 Å². The highest BCUT2D eigenvalue weighted by atomic mass is 16.2. The van der Waals surface area contributed by atoms with Crippen LogP contribution in [-0.2, 0) is 0 Å². The van der Waals surface area contributed by atoms with E-state index in [2.05, 4.69) is 32.9 Å². The number of carbonyl (C=O) groups excluding carboxylic acids is 1. The first-order chi connectivity index (χ1) is 7.64. The van der Waals surface area contributed by atoms with Gasteiger partial charge in [0.25, 0.3) is 11.7 Å². The zero-order valence-electron chi connectivity index (χ0n) is 9.53. The number of nitrogens with one attached hydrogen (secondary N) is 2. The average molecular weight is 224 g/mol. The van der Waals surface area contributed by atoms with Gasteiger partial charge < -0.3 is 10.2 Å². The molecule has 0 aromatic carbocycles. The second kappa shape index (κ2) is 4.17. The largest absolute Gasteiger partial charge is 0.336 e. The number of amides is 1. The van der Waals surface area contributed by atoms with Crippen molar-refractivity contribution in [1.82, 2.24) is 30.8 Å². The van der Waals surface area contributed by atoms with Crippen molar-refractivity contribution in [1.29, 1.82) is 0 Å². The highest BCUT2D eigenvalue weighted by Gasteiger charge is 2.31. The van der Waals surface area contributed by atoms with Crippen LogP contribution in [0.15, 0.2) is 0 Å². The first kappa shape index (κ1) is 11.0. The summed E-state index contributed by atoms with van der Waals surface area (Å²) in [6, 6.07) is 0. The number of hydrogen-bond acceptors (Lipinski definition) is 5. The van der Waals surface area contributed by atoms with Gasteiger partial charge in [-0.3, -0.25) is 4.79 Å².